The molecular formula is C16H23N3O. The number of hydrogen-bond donors (Lipinski definition) is 1. The highest BCUT2D eigenvalue weighted by Gasteiger charge is 2.19. The smallest absolute Gasteiger partial charge is 0.201 e. The van der Waals surface area contributed by atoms with Crippen molar-refractivity contribution < 1.29 is 4.74 Å². The number of aryl methyl sites for hydroxylation is 1. The van der Waals surface area contributed by atoms with Crippen molar-refractivity contribution in [2.24, 2.45) is 5.92 Å². The molecule has 0 spiro atoms. The molecule has 0 amide bonds. The quantitative estimate of drug-likeness (QED) is 0.905. The van der Waals surface area contributed by atoms with E-state index in [1.807, 2.05) is 26.0 Å². The van der Waals surface area contributed by atoms with E-state index in [1.54, 1.807) is 0 Å². The molecule has 1 aromatic heterocycles. The standard InChI is InChI=1S/C16H23N3O/c1-11(2)20-14-8-4-7-13-15(14)18-16(17)19(13)10-9-12-5-3-6-12/h4,7-8,11-12H,3,5-6,9-10H2,1-2H3,(H2,17,18). The van der Waals surface area contributed by atoms with Crippen LogP contribution < -0.4 is 10.5 Å². The first-order chi connectivity index (χ1) is 9.65. The predicted octanol–water partition coefficient (Wildman–Crippen LogP) is 3.60. The van der Waals surface area contributed by atoms with E-state index in [0.29, 0.717) is 5.95 Å². The predicted molar refractivity (Wildman–Crippen MR) is 81.9 cm³/mol. The molecule has 1 heterocycles. The molecule has 0 unspecified atom stereocenters. The number of hydrogen-bond acceptors (Lipinski definition) is 3. The van der Waals surface area contributed by atoms with E-state index in [4.69, 9.17) is 10.5 Å². The van der Waals surface area contributed by atoms with Gasteiger partial charge in [-0.2, -0.15) is 0 Å². The van der Waals surface area contributed by atoms with Gasteiger partial charge in [0.2, 0.25) is 5.95 Å². The maximum absolute atomic E-state index is 6.10. The summed E-state index contributed by atoms with van der Waals surface area (Å²) in [6.07, 6.45) is 5.46. The lowest BCUT2D eigenvalue weighted by Crippen LogP contribution is -2.14. The van der Waals surface area contributed by atoms with E-state index in [1.165, 1.54) is 25.7 Å². The zero-order chi connectivity index (χ0) is 14.1. The van der Waals surface area contributed by atoms with Crippen molar-refractivity contribution in [2.75, 3.05) is 5.73 Å². The molecule has 0 bridgehead atoms. The molecule has 20 heavy (non-hydrogen) atoms. The second-order valence-electron chi connectivity index (χ2n) is 6.00. The summed E-state index contributed by atoms with van der Waals surface area (Å²) in [5.41, 5.74) is 8.06. The van der Waals surface area contributed by atoms with E-state index in [0.717, 1.165) is 29.2 Å². The summed E-state index contributed by atoms with van der Waals surface area (Å²) < 4.78 is 7.95. The second kappa shape index (κ2) is 5.35. The lowest BCUT2D eigenvalue weighted by Gasteiger charge is -2.25. The molecule has 0 radical (unpaired) electrons. The van der Waals surface area contributed by atoms with Gasteiger partial charge in [0.25, 0.3) is 0 Å². The normalized spacial score (nSPS) is 15.8. The molecule has 4 heteroatoms. The summed E-state index contributed by atoms with van der Waals surface area (Å²) in [6.45, 7) is 5.00. The summed E-state index contributed by atoms with van der Waals surface area (Å²) in [7, 11) is 0. The van der Waals surface area contributed by atoms with E-state index in [9.17, 15) is 0 Å². The molecule has 1 saturated carbocycles. The minimum atomic E-state index is 0.141. The zero-order valence-corrected chi connectivity index (χ0v) is 12.3. The number of aromatic nitrogens is 2. The van der Waals surface area contributed by atoms with Crippen LogP contribution in [0.5, 0.6) is 5.75 Å². The van der Waals surface area contributed by atoms with Crippen LogP contribution in [0.15, 0.2) is 18.2 Å². The molecule has 1 aliphatic rings. The van der Waals surface area contributed by atoms with Gasteiger partial charge in [-0.3, -0.25) is 0 Å². The number of para-hydroxylation sites is 1. The van der Waals surface area contributed by atoms with Crippen LogP contribution in [0.2, 0.25) is 0 Å². The van der Waals surface area contributed by atoms with Crippen molar-refractivity contribution in [3.05, 3.63) is 18.2 Å². The van der Waals surface area contributed by atoms with Gasteiger partial charge in [0.05, 0.1) is 11.6 Å². The average Bonchev–Trinajstić information content (AvgIpc) is 2.65. The van der Waals surface area contributed by atoms with E-state index >= 15 is 0 Å². The van der Waals surface area contributed by atoms with Crippen molar-refractivity contribution in [3.8, 4) is 5.75 Å². The molecule has 3 rings (SSSR count). The highest BCUT2D eigenvalue weighted by atomic mass is 16.5. The van der Waals surface area contributed by atoms with Crippen LogP contribution in [0.3, 0.4) is 0 Å². The highest BCUT2D eigenvalue weighted by Crippen LogP contribution is 2.32. The summed E-state index contributed by atoms with van der Waals surface area (Å²) in [5, 5.41) is 0. The number of nitrogens with zero attached hydrogens (tertiary/aromatic N) is 2. The van der Waals surface area contributed by atoms with E-state index < -0.39 is 0 Å². The minimum Gasteiger partial charge on any atom is -0.489 e. The van der Waals surface area contributed by atoms with E-state index in [-0.39, 0.29) is 6.10 Å². The molecule has 1 fully saturated rings. The molecule has 0 atom stereocenters. The fourth-order valence-electron chi connectivity index (χ4n) is 2.82. The number of nitrogens with two attached hydrogens (primary N) is 1. The molecule has 1 aliphatic carbocycles. The van der Waals surface area contributed by atoms with Crippen molar-refractivity contribution in [2.45, 2.75) is 52.2 Å². The third-order valence-corrected chi connectivity index (χ3v) is 4.12. The molecular weight excluding hydrogens is 250 g/mol. The Hall–Kier alpha value is -1.71. The Morgan fingerprint density at radius 2 is 2.20 bits per heavy atom. The Morgan fingerprint density at radius 1 is 1.40 bits per heavy atom. The number of anilines is 1. The van der Waals surface area contributed by atoms with Gasteiger partial charge in [0.1, 0.15) is 11.3 Å². The number of nitrogen functional groups attached to an aromatic ring is 1. The van der Waals surface area contributed by atoms with Crippen molar-refractivity contribution in [3.63, 3.8) is 0 Å². The van der Waals surface area contributed by atoms with Crippen LogP contribution in [-0.4, -0.2) is 15.7 Å². The summed E-state index contributed by atoms with van der Waals surface area (Å²) in [5.74, 6) is 2.30. The van der Waals surface area contributed by atoms with Crippen LogP contribution >= 0.6 is 0 Å². The first kappa shape index (κ1) is 13.3. The first-order valence-corrected chi connectivity index (χ1v) is 7.56. The number of imidazole rings is 1. The molecule has 0 saturated heterocycles. The average molecular weight is 273 g/mol. The third kappa shape index (κ3) is 2.47. The van der Waals surface area contributed by atoms with Gasteiger partial charge in [-0.1, -0.05) is 25.3 Å². The zero-order valence-electron chi connectivity index (χ0n) is 12.3. The van der Waals surface area contributed by atoms with Crippen LogP contribution in [0.25, 0.3) is 11.0 Å². The molecule has 108 valence electrons. The van der Waals surface area contributed by atoms with Crippen LogP contribution in [-0.2, 0) is 6.54 Å². The minimum absolute atomic E-state index is 0.141. The van der Waals surface area contributed by atoms with Gasteiger partial charge in [0.15, 0.2) is 0 Å². The Labute approximate surface area is 119 Å². The highest BCUT2D eigenvalue weighted by molar-refractivity contribution is 5.84. The third-order valence-electron chi connectivity index (χ3n) is 4.12. The molecule has 4 nitrogen and oxygen atoms in total. The molecule has 0 aliphatic heterocycles. The molecule has 2 aromatic rings. The number of benzene rings is 1. The van der Waals surface area contributed by atoms with Crippen molar-refractivity contribution in [1.29, 1.82) is 0 Å². The maximum Gasteiger partial charge on any atom is 0.201 e. The number of rotatable bonds is 5. The van der Waals surface area contributed by atoms with Crippen molar-refractivity contribution >= 4 is 17.0 Å². The van der Waals surface area contributed by atoms with E-state index in [2.05, 4.69) is 15.6 Å². The Balaban J connectivity index is 1.89. The SMILES string of the molecule is CC(C)Oc1cccc2c1nc(N)n2CCC1CCC1. The fraction of sp³-hybridized carbons (Fsp3) is 0.562. The number of fused-ring (bicyclic) bond motifs is 1. The van der Waals surface area contributed by atoms with Gasteiger partial charge in [-0.15, -0.1) is 0 Å². The van der Waals surface area contributed by atoms with Crippen LogP contribution in [0, 0.1) is 5.92 Å². The Kier molecular flexibility index (Phi) is 3.55. The monoisotopic (exact) mass is 273 g/mol. The van der Waals surface area contributed by atoms with Gasteiger partial charge >= 0.3 is 0 Å². The van der Waals surface area contributed by atoms with Crippen LogP contribution in [0.4, 0.5) is 5.95 Å². The Bertz CT molecular complexity index is 599. The lowest BCUT2D eigenvalue weighted by atomic mass is 9.83. The summed E-state index contributed by atoms with van der Waals surface area (Å²) in [4.78, 5) is 4.50. The van der Waals surface area contributed by atoms with Crippen molar-refractivity contribution in [1.82, 2.24) is 9.55 Å². The molecule has 1 aromatic carbocycles. The first-order valence-electron chi connectivity index (χ1n) is 7.56. The Morgan fingerprint density at radius 3 is 2.85 bits per heavy atom. The summed E-state index contributed by atoms with van der Waals surface area (Å²) in [6, 6.07) is 6.05. The van der Waals surface area contributed by atoms with Gasteiger partial charge < -0.3 is 15.0 Å². The second-order valence-corrected chi connectivity index (χ2v) is 6.00. The summed E-state index contributed by atoms with van der Waals surface area (Å²) >= 11 is 0. The van der Waals surface area contributed by atoms with Crippen LogP contribution in [0.1, 0.15) is 39.5 Å². The topological polar surface area (TPSA) is 53.1 Å². The van der Waals surface area contributed by atoms with Gasteiger partial charge in [-0.25, -0.2) is 4.98 Å². The molecule has 2 N–H and O–H groups in total. The lowest BCUT2D eigenvalue weighted by molar-refractivity contribution is 0.245. The fourth-order valence-corrected chi connectivity index (χ4v) is 2.82. The van der Waals surface area contributed by atoms with Gasteiger partial charge in [-0.05, 0) is 38.3 Å². The number of ether oxygens (including phenoxy) is 1. The maximum atomic E-state index is 6.10. The largest absolute Gasteiger partial charge is 0.489 e. The van der Waals surface area contributed by atoms with Gasteiger partial charge in [0, 0.05) is 6.54 Å².